The van der Waals surface area contributed by atoms with E-state index in [-0.39, 0.29) is 5.82 Å². The summed E-state index contributed by atoms with van der Waals surface area (Å²) in [6, 6.07) is 4.72. The van der Waals surface area contributed by atoms with Crippen LogP contribution < -0.4 is 0 Å². The molecule has 0 saturated heterocycles. The molecule has 0 saturated carbocycles. The molecule has 19 heavy (non-hydrogen) atoms. The lowest BCUT2D eigenvalue weighted by molar-refractivity contribution is 0.629. The number of imidazole rings is 1. The Morgan fingerprint density at radius 1 is 1.42 bits per heavy atom. The first kappa shape index (κ1) is 12.6. The molecule has 3 rings (SSSR count). The molecule has 0 aliphatic carbocycles. The molecule has 7 heteroatoms. The van der Waals surface area contributed by atoms with Crippen LogP contribution in [0.1, 0.15) is 12.7 Å². The second-order valence-corrected chi connectivity index (χ2v) is 5.95. The summed E-state index contributed by atoms with van der Waals surface area (Å²) in [6.07, 6.45) is 0. The highest BCUT2D eigenvalue weighted by Gasteiger charge is 2.11. The van der Waals surface area contributed by atoms with Gasteiger partial charge in [0, 0.05) is 12.6 Å². The molecular weight excluding hydrogens is 283 g/mol. The second-order valence-electron chi connectivity index (χ2n) is 3.90. The van der Waals surface area contributed by atoms with Crippen LogP contribution in [0.15, 0.2) is 28.0 Å². The fraction of sp³-hybridized carbons (Fsp3) is 0.250. The molecule has 0 fully saturated rings. The van der Waals surface area contributed by atoms with Crippen LogP contribution >= 0.6 is 23.1 Å². The van der Waals surface area contributed by atoms with Crippen LogP contribution in [0.4, 0.5) is 4.39 Å². The monoisotopic (exact) mass is 294 g/mol. The van der Waals surface area contributed by atoms with Gasteiger partial charge < -0.3 is 4.57 Å². The molecule has 3 aromatic rings. The van der Waals surface area contributed by atoms with Crippen LogP contribution in [0.2, 0.25) is 0 Å². The molecule has 0 bridgehead atoms. The molecule has 2 heterocycles. The Hall–Kier alpha value is -1.47. The minimum absolute atomic E-state index is 0.253. The summed E-state index contributed by atoms with van der Waals surface area (Å²) >= 11 is 3.11. The lowest BCUT2D eigenvalue weighted by atomic mass is 10.3. The molecule has 1 aromatic carbocycles. The third-order valence-corrected chi connectivity index (χ3v) is 4.63. The summed E-state index contributed by atoms with van der Waals surface area (Å²) in [6.45, 7) is 2.87. The summed E-state index contributed by atoms with van der Waals surface area (Å²) in [4.78, 5) is 4.50. The number of hydrogen-bond donors (Lipinski definition) is 0. The maximum atomic E-state index is 13.2. The van der Waals surface area contributed by atoms with Crippen LogP contribution in [-0.2, 0) is 12.3 Å². The predicted molar refractivity (Wildman–Crippen MR) is 74.8 cm³/mol. The number of thioether (sulfide) groups is 1. The number of aryl methyl sites for hydroxylation is 1. The average molecular weight is 294 g/mol. The number of hydrogen-bond acceptors (Lipinski definition) is 5. The van der Waals surface area contributed by atoms with Crippen LogP contribution in [0.3, 0.4) is 0 Å². The van der Waals surface area contributed by atoms with E-state index in [1.165, 1.54) is 23.5 Å². The Morgan fingerprint density at radius 3 is 3.05 bits per heavy atom. The van der Waals surface area contributed by atoms with Gasteiger partial charge in [-0.1, -0.05) is 23.1 Å². The topological polar surface area (TPSA) is 43.6 Å². The van der Waals surface area contributed by atoms with Gasteiger partial charge in [0.1, 0.15) is 17.2 Å². The molecule has 0 spiro atoms. The number of benzene rings is 1. The van der Waals surface area contributed by atoms with Crippen molar-refractivity contribution in [1.29, 1.82) is 0 Å². The molecule has 98 valence electrons. The fourth-order valence-electron chi connectivity index (χ4n) is 1.97. The van der Waals surface area contributed by atoms with Crippen molar-refractivity contribution in [2.75, 3.05) is 0 Å². The Bertz CT molecular complexity index is 693. The summed E-state index contributed by atoms with van der Waals surface area (Å²) in [5.41, 5.74) is 3.38. The summed E-state index contributed by atoms with van der Waals surface area (Å²) < 4.78 is 16.2. The zero-order valence-corrected chi connectivity index (χ0v) is 11.8. The molecular formula is C12H11FN4S2. The van der Waals surface area contributed by atoms with E-state index in [4.69, 9.17) is 0 Å². The standard InChI is InChI=1S/C12H11FN4S2/c1-2-17-10-4-3-8(13)5-9(10)15-11(17)6-18-12-16-14-7-19-12/h3-5,7H,2,6H2,1H3. The third-order valence-electron chi connectivity index (χ3n) is 2.77. The molecule has 0 N–H and O–H groups in total. The minimum atomic E-state index is -0.253. The van der Waals surface area contributed by atoms with E-state index in [0.717, 1.165) is 22.2 Å². The second kappa shape index (κ2) is 5.26. The normalized spacial score (nSPS) is 11.3. The van der Waals surface area contributed by atoms with Crippen molar-refractivity contribution in [3.8, 4) is 0 Å². The number of aromatic nitrogens is 4. The summed E-state index contributed by atoms with van der Waals surface area (Å²) in [5, 5.41) is 7.79. The van der Waals surface area contributed by atoms with Crippen molar-refractivity contribution in [2.45, 2.75) is 23.6 Å². The van der Waals surface area contributed by atoms with Crippen molar-refractivity contribution in [3.63, 3.8) is 0 Å². The van der Waals surface area contributed by atoms with E-state index >= 15 is 0 Å². The maximum absolute atomic E-state index is 13.2. The van der Waals surface area contributed by atoms with E-state index in [0.29, 0.717) is 11.3 Å². The zero-order valence-electron chi connectivity index (χ0n) is 10.2. The molecule has 0 aliphatic heterocycles. The summed E-state index contributed by atoms with van der Waals surface area (Å²) in [5.74, 6) is 1.39. The van der Waals surface area contributed by atoms with Gasteiger partial charge in [0.05, 0.1) is 16.8 Å². The van der Waals surface area contributed by atoms with E-state index < -0.39 is 0 Å². The predicted octanol–water partition coefficient (Wildman–Crippen LogP) is 3.34. The van der Waals surface area contributed by atoms with Crippen molar-refractivity contribution >= 4 is 34.1 Å². The first-order chi connectivity index (χ1) is 9.28. The van der Waals surface area contributed by atoms with E-state index in [1.54, 1.807) is 23.3 Å². The molecule has 0 atom stereocenters. The maximum Gasteiger partial charge on any atom is 0.174 e. The lowest BCUT2D eigenvalue weighted by Crippen LogP contribution is -2.00. The number of nitrogens with zero attached hydrogens (tertiary/aromatic N) is 4. The van der Waals surface area contributed by atoms with Crippen molar-refractivity contribution in [2.24, 2.45) is 0 Å². The first-order valence-corrected chi connectivity index (χ1v) is 7.68. The SMILES string of the molecule is CCn1c(CSc2nncs2)nc2cc(F)ccc21. The summed E-state index contributed by atoms with van der Waals surface area (Å²) in [7, 11) is 0. The smallest absolute Gasteiger partial charge is 0.174 e. The minimum Gasteiger partial charge on any atom is -0.328 e. The van der Waals surface area contributed by atoms with Gasteiger partial charge >= 0.3 is 0 Å². The first-order valence-electron chi connectivity index (χ1n) is 5.81. The van der Waals surface area contributed by atoms with Crippen LogP contribution in [-0.4, -0.2) is 19.7 Å². The van der Waals surface area contributed by atoms with Crippen molar-refractivity contribution in [3.05, 3.63) is 35.4 Å². The quantitative estimate of drug-likeness (QED) is 0.692. The fourth-order valence-corrected chi connectivity index (χ4v) is 3.40. The Kier molecular flexibility index (Phi) is 3.48. The van der Waals surface area contributed by atoms with E-state index in [1.807, 2.05) is 0 Å². The Morgan fingerprint density at radius 2 is 2.32 bits per heavy atom. The highest BCUT2D eigenvalue weighted by molar-refractivity contribution is 8.00. The van der Waals surface area contributed by atoms with Crippen LogP contribution in [0.25, 0.3) is 11.0 Å². The van der Waals surface area contributed by atoms with Crippen LogP contribution in [0.5, 0.6) is 0 Å². The molecule has 4 nitrogen and oxygen atoms in total. The largest absolute Gasteiger partial charge is 0.328 e. The third kappa shape index (κ3) is 2.48. The van der Waals surface area contributed by atoms with E-state index in [9.17, 15) is 4.39 Å². The van der Waals surface area contributed by atoms with Crippen molar-refractivity contribution in [1.82, 2.24) is 19.7 Å². The molecule has 0 aliphatic rings. The van der Waals surface area contributed by atoms with Gasteiger partial charge in [0.15, 0.2) is 4.34 Å². The molecule has 0 radical (unpaired) electrons. The van der Waals surface area contributed by atoms with Crippen LogP contribution in [0, 0.1) is 5.82 Å². The van der Waals surface area contributed by atoms with Gasteiger partial charge in [-0.15, -0.1) is 10.2 Å². The van der Waals surface area contributed by atoms with Crippen molar-refractivity contribution < 1.29 is 4.39 Å². The number of rotatable bonds is 4. The van der Waals surface area contributed by atoms with Gasteiger partial charge in [0.25, 0.3) is 0 Å². The Labute approximate surface area is 117 Å². The highest BCUT2D eigenvalue weighted by Crippen LogP contribution is 2.26. The number of fused-ring (bicyclic) bond motifs is 1. The number of halogens is 1. The van der Waals surface area contributed by atoms with Gasteiger partial charge in [-0.2, -0.15) is 0 Å². The van der Waals surface area contributed by atoms with Gasteiger partial charge in [-0.25, -0.2) is 9.37 Å². The zero-order chi connectivity index (χ0) is 13.2. The van der Waals surface area contributed by atoms with E-state index in [2.05, 4.69) is 26.7 Å². The highest BCUT2D eigenvalue weighted by atomic mass is 32.2. The molecule has 0 amide bonds. The Balaban J connectivity index is 1.93. The van der Waals surface area contributed by atoms with Gasteiger partial charge in [-0.05, 0) is 19.1 Å². The molecule has 2 aromatic heterocycles. The van der Waals surface area contributed by atoms with Gasteiger partial charge in [-0.3, -0.25) is 0 Å². The average Bonchev–Trinajstić information content (AvgIpc) is 3.02. The molecule has 0 unspecified atom stereocenters. The lowest BCUT2D eigenvalue weighted by Gasteiger charge is -2.04. The van der Waals surface area contributed by atoms with Gasteiger partial charge in [0.2, 0.25) is 0 Å².